The Morgan fingerprint density at radius 3 is 2.79 bits per heavy atom. The molecular formula is C9H6I2OS2. The summed E-state index contributed by atoms with van der Waals surface area (Å²) in [5.74, 6) is 0.319. The molecule has 2 unspecified atom stereocenters. The van der Waals surface area contributed by atoms with Gasteiger partial charge >= 0.3 is 0 Å². The minimum atomic E-state index is 0.0590. The molecule has 0 spiro atoms. The van der Waals surface area contributed by atoms with Crippen LogP contribution < -0.4 is 0 Å². The van der Waals surface area contributed by atoms with Crippen molar-refractivity contribution in [1.82, 2.24) is 0 Å². The van der Waals surface area contributed by atoms with Crippen LogP contribution in [-0.2, 0) is 0 Å². The zero-order valence-electron chi connectivity index (χ0n) is 6.94. The molecule has 14 heavy (non-hydrogen) atoms. The Hall–Kier alpha value is 0.920. The standard InChI is InChI=1S/C9H6I2OS2/c10-8-5(1-3-13-8)7(12)6-2-4-14-9(6)11/h1-5,8H. The maximum Gasteiger partial charge on any atom is 0.173 e. The van der Waals surface area contributed by atoms with Gasteiger partial charge in [0.15, 0.2) is 5.78 Å². The summed E-state index contributed by atoms with van der Waals surface area (Å²) in [6.45, 7) is 0. The van der Waals surface area contributed by atoms with Gasteiger partial charge in [-0.25, -0.2) is 0 Å². The van der Waals surface area contributed by atoms with Crippen LogP contribution in [0.15, 0.2) is 22.9 Å². The minimum absolute atomic E-state index is 0.0590. The maximum absolute atomic E-state index is 12.1. The van der Waals surface area contributed by atoms with E-state index in [1.807, 2.05) is 22.9 Å². The molecule has 74 valence electrons. The highest BCUT2D eigenvalue weighted by Gasteiger charge is 2.29. The number of thioether (sulfide) groups is 1. The average Bonchev–Trinajstić information content (AvgIpc) is 2.73. The van der Waals surface area contributed by atoms with Crippen molar-refractivity contribution >= 4 is 74.1 Å². The van der Waals surface area contributed by atoms with Crippen LogP contribution in [0.5, 0.6) is 0 Å². The van der Waals surface area contributed by atoms with Gasteiger partial charge in [0.25, 0.3) is 0 Å². The van der Waals surface area contributed by atoms with Crippen LogP contribution in [-0.4, -0.2) is 9.04 Å². The van der Waals surface area contributed by atoms with Crippen LogP contribution in [0.2, 0.25) is 0 Å². The summed E-state index contributed by atoms with van der Waals surface area (Å²) in [4.78, 5) is 12.1. The van der Waals surface area contributed by atoms with Gasteiger partial charge in [0.2, 0.25) is 0 Å². The fourth-order valence-electron chi connectivity index (χ4n) is 1.23. The van der Waals surface area contributed by atoms with Gasteiger partial charge < -0.3 is 0 Å². The number of Topliss-reactive ketones (excluding diaryl/α,β-unsaturated/α-hetero) is 1. The molecule has 0 N–H and O–H groups in total. The molecule has 1 nitrogen and oxygen atoms in total. The number of hydrogen-bond acceptors (Lipinski definition) is 3. The normalized spacial score (nSPS) is 25.6. The van der Waals surface area contributed by atoms with Crippen LogP contribution in [0.1, 0.15) is 10.4 Å². The highest BCUT2D eigenvalue weighted by atomic mass is 127. The summed E-state index contributed by atoms with van der Waals surface area (Å²) in [6, 6.07) is 1.93. The molecule has 0 amide bonds. The predicted octanol–water partition coefficient (Wildman–Crippen LogP) is 4.17. The van der Waals surface area contributed by atoms with Crippen molar-refractivity contribution in [2.75, 3.05) is 0 Å². The summed E-state index contributed by atoms with van der Waals surface area (Å²) in [6.07, 6.45) is 2.01. The van der Waals surface area contributed by atoms with Crippen molar-refractivity contribution < 1.29 is 4.79 Å². The van der Waals surface area contributed by atoms with Crippen LogP contribution >= 0.6 is 68.3 Å². The molecule has 0 radical (unpaired) electrons. The van der Waals surface area contributed by atoms with Crippen LogP contribution in [0.25, 0.3) is 0 Å². The zero-order chi connectivity index (χ0) is 10.1. The first-order valence-electron chi connectivity index (χ1n) is 3.93. The molecule has 1 aromatic heterocycles. The SMILES string of the molecule is O=C(c1ccsc1I)C1C=CSC1I. The second kappa shape index (κ2) is 4.84. The molecule has 5 heteroatoms. The zero-order valence-corrected chi connectivity index (χ0v) is 12.9. The fourth-order valence-corrected chi connectivity index (χ4v) is 4.61. The quantitative estimate of drug-likeness (QED) is 0.384. The molecule has 1 aliphatic heterocycles. The Morgan fingerprint density at radius 1 is 1.50 bits per heavy atom. The molecule has 0 aliphatic carbocycles. The van der Waals surface area contributed by atoms with E-state index in [0.717, 1.165) is 8.45 Å². The van der Waals surface area contributed by atoms with E-state index in [1.54, 1.807) is 23.1 Å². The number of rotatable bonds is 2. The molecule has 2 heterocycles. The van der Waals surface area contributed by atoms with Crippen LogP contribution in [0, 0.1) is 8.80 Å². The topological polar surface area (TPSA) is 17.1 Å². The molecule has 0 saturated carbocycles. The van der Waals surface area contributed by atoms with E-state index in [0.29, 0.717) is 3.26 Å². The van der Waals surface area contributed by atoms with Gasteiger partial charge in [-0.05, 0) is 39.4 Å². The monoisotopic (exact) mass is 448 g/mol. The highest BCUT2D eigenvalue weighted by molar-refractivity contribution is 14.1. The Morgan fingerprint density at radius 2 is 2.29 bits per heavy atom. The van der Waals surface area contributed by atoms with Crippen LogP contribution in [0.3, 0.4) is 0 Å². The largest absolute Gasteiger partial charge is 0.293 e. The Kier molecular flexibility index (Phi) is 3.94. The molecule has 0 bridgehead atoms. The highest BCUT2D eigenvalue weighted by Crippen LogP contribution is 2.37. The van der Waals surface area contributed by atoms with Crippen molar-refractivity contribution in [1.29, 1.82) is 0 Å². The number of hydrogen-bond donors (Lipinski definition) is 0. The Labute approximate surface area is 118 Å². The van der Waals surface area contributed by atoms with Crippen molar-refractivity contribution in [3.63, 3.8) is 0 Å². The van der Waals surface area contributed by atoms with E-state index in [2.05, 4.69) is 45.2 Å². The van der Waals surface area contributed by atoms with Gasteiger partial charge in [-0.3, -0.25) is 4.79 Å². The lowest BCUT2D eigenvalue weighted by Crippen LogP contribution is -2.17. The van der Waals surface area contributed by atoms with E-state index in [1.165, 1.54) is 0 Å². The molecular weight excluding hydrogens is 442 g/mol. The molecule has 1 aromatic rings. The summed E-state index contributed by atoms with van der Waals surface area (Å²) >= 11 is 7.90. The van der Waals surface area contributed by atoms with E-state index in [-0.39, 0.29) is 11.7 Å². The fraction of sp³-hybridized carbons (Fsp3) is 0.222. The lowest BCUT2D eigenvalue weighted by atomic mass is 10.0. The van der Waals surface area contributed by atoms with Gasteiger partial charge in [-0.15, -0.1) is 23.1 Å². The van der Waals surface area contributed by atoms with E-state index in [4.69, 9.17) is 0 Å². The number of carbonyl (C=O) groups excluding carboxylic acids is 1. The number of thiophene rings is 1. The van der Waals surface area contributed by atoms with E-state index < -0.39 is 0 Å². The molecule has 2 atom stereocenters. The summed E-state index contributed by atoms with van der Waals surface area (Å²) in [5, 5.41) is 4.00. The molecule has 0 fully saturated rings. The second-order valence-electron chi connectivity index (χ2n) is 2.81. The molecule has 0 aromatic carbocycles. The smallest absolute Gasteiger partial charge is 0.173 e. The van der Waals surface area contributed by atoms with Gasteiger partial charge in [0, 0.05) is 5.56 Å². The number of allylic oxidation sites excluding steroid dienone is 1. The summed E-state index contributed by atoms with van der Waals surface area (Å²) < 4.78 is 1.46. The lowest BCUT2D eigenvalue weighted by molar-refractivity contribution is 0.0954. The summed E-state index contributed by atoms with van der Waals surface area (Å²) in [7, 11) is 0. The minimum Gasteiger partial charge on any atom is -0.293 e. The number of ketones is 1. The van der Waals surface area contributed by atoms with Crippen molar-refractivity contribution in [2.45, 2.75) is 3.26 Å². The van der Waals surface area contributed by atoms with Gasteiger partial charge in [-0.2, -0.15) is 0 Å². The number of carbonyl (C=O) groups is 1. The first-order valence-corrected chi connectivity index (χ1v) is 8.08. The van der Waals surface area contributed by atoms with E-state index in [9.17, 15) is 4.79 Å². The van der Waals surface area contributed by atoms with Gasteiger partial charge in [0.1, 0.15) is 0 Å². The Bertz CT molecular complexity index is 386. The molecule has 1 aliphatic rings. The molecule has 2 rings (SSSR count). The van der Waals surface area contributed by atoms with Gasteiger partial charge in [-0.1, -0.05) is 28.7 Å². The number of halogens is 2. The van der Waals surface area contributed by atoms with Crippen molar-refractivity contribution in [3.8, 4) is 0 Å². The first-order chi connectivity index (χ1) is 6.70. The third kappa shape index (κ3) is 2.19. The Balaban J connectivity index is 2.24. The second-order valence-corrected chi connectivity index (χ2v) is 8.78. The van der Waals surface area contributed by atoms with Crippen molar-refractivity contribution in [2.24, 2.45) is 5.92 Å². The first kappa shape index (κ1) is 11.4. The third-order valence-corrected chi connectivity index (χ3v) is 6.53. The number of alkyl halides is 1. The van der Waals surface area contributed by atoms with E-state index >= 15 is 0 Å². The summed E-state index contributed by atoms with van der Waals surface area (Å²) in [5.41, 5.74) is 0.884. The predicted molar refractivity (Wildman–Crippen MR) is 79.4 cm³/mol. The van der Waals surface area contributed by atoms with Crippen molar-refractivity contribution in [3.05, 3.63) is 31.4 Å². The van der Waals surface area contributed by atoms with Gasteiger partial charge in [0.05, 0.1) is 12.1 Å². The molecule has 0 saturated heterocycles. The third-order valence-electron chi connectivity index (χ3n) is 1.96. The average molecular weight is 448 g/mol. The van der Waals surface area contributed by atoms with Crippen LogP contribution in [0.4, 0.5) is 0 Å². The maximum atomic E-state index is 12.1. The lowest BCUT2D eigenvalue weighted by Gasteiger charge is -2.10.